The lowest BCUT2D eigenvalue weighted by Gasteiger charge is -2.24. The first-order valence-corrected chi connectivity index (χ1v) is 8.31. The van der Waals surface area contributed by atoms with Crippen molar-refractivity contribution in [2.24, 2.45) is 0 Å². The topological polar surface area (TPSA) is 49.6 Å². The standard InChI is InChI=1S/C17H20FN3OS/c1-11-9-21-15(12(2)20-16(21)23-11)8-19-10-17(3,22)13-4-6-14(18)7-5-13/h4-7,9,19,22H,8,10H2,1-3H3. The highest BCUT2D eigenvalue weighted by Crippen LogP contribution is 2.22. The number of imidazole rings is 1. The van der Waals surface area contributed by atoms with Gasteiger partial charge in [0.25, 0.3) is 0 Å². The molecule has 0 spiro atoms. The molecular formula is C17H20FN3OS. The summed E-state index contributed by atoms with van der Waals surface area (Å²) in [5.74, 6) is -0.303. The van der Waals surface area contributed by atoms with E-state index in [1.54, 1.807) is 30.4 Å². The predicted octanol–water partition coefficient (Wildman–Crippen LogP) is 3.15. The molecule has 122 valence electrons. The molecule has 23 heavy (non-hydrogen) atoms. The Morgan fingerprint density at radius 1 is 1.30 bits per heavy atom. The fourth-order valence-electron chi connectivity index (χ4n) is 2.66. The monoisotopic (exact) mass is 333 g/mol. The van der Waals surface area contributed by atoms with Gasteiger partial charge in [-0.3, -0.25) is 4.40 Å². The number of thiazole rings is 1. The van der Waals surface area contributed by atoms with Gasteiger partial charge in [-0.15, -0.1) is 11.3 Å². The van der Waals surface area contributed by atoms with Gasteiger partial charge < -0.3 is 10.4 Å². The van der Waals surface area contributed by atoms with Crippen molar-refractivity contribution in [2.45, 2.75) is 32.9 Å². The quantitative estimate of drug-likeness (QED) is 0.754. The minimum Gasteiger partial charge on any atom is -0.384 e. The van der Waals surface area contributed by atoms with Gasteiger partial charge >= 0.3 is 0 Å². The molecule has 0 aliphatic rings. The van der Waals surface area contributed by atoms with Crippen LogP contribution in [0.1, 0.15) is 28.8 Å². The Morgan fingerprint density at radius 3 is 2.70 bits per heavy atom. The summed E-state index contributed by atoms with van der Waals surface area (Å²) in [6.07, 6.45) is 2.08. The molecule has 2 aromatic heterocycles. The highest BCUT2D eigenvalue weighted by atomic mass is 32.1. The molecule has 1 aromatic carbocycles. The van der Waals surface area contributed by atoms with Gasteiger partial charge in [-0.1, -0.05) is 12.1 Å². The summed E-state index contributed by atoms with van der Waals surface area (Å²) >= 11 is 1.66. The molecule has 0 saturated carbocycles. The van der Waals surface area contributed by atoms with Crippen molar-refractivity contribution in [3.05, 3.63) is 58.1 Å². The zero-order chi connectivity index (χ0) is 16.6. The van der Waals surface area contributed by atoms with Crippen LogP contribution < -0.4 is 5.32 Å². The number of aliphatic hydroxyl groups is 1. The van der Waals surface area contributed by atoms with E-state index in [9.17, 15) is 9.50 Å². The molecule has 0 saturated heterocycles. The number of nitrogens with zero attached hydrogens (tertiary/aromatic N) is 2. The molecule has 3 aromatic rings. The van der Waals surface area contributed by atoms with Crippen LogP contribution in [0.25, 0.3) is 4.96 Å². The van der Waals surface area contributed by atoms with E-state index >= 15 is 0 Å². The molecule has 0 amide bonds. The highest BCUT2D eigenvalue weighted by molar-refractivity contribution is 7.17. The molecule has 4 nitrogen and oxygen atoms in total. The van der Waals surface area contributed by atoms with E-state index < -0.39 is 5.60 Å². The lowest BCUT2D eigenvalue weighted by atomic mass is 9.96. The van der Waals surface area contributed by atoms with Crippen LogP contribution in [0, 0.1) is 19.7 Å². The van der Waals surface area contributed by atoms with Crippen molar-refractivity contribution in [1.29, 1.82) is 0 Å². The SMILES string of the molecule is Cc1cn2c(CNCC(C)(O)c3ccc(F)cc3)c(C)nc2s1. The lowest BCUT2D eigenvalue weighted by Crippen LogP contribution is -2.35. The summed E-state index contributed by atoms with van der Waals surface area (Å²) in [7, 11) is 0. The van der Waals surface area contributed by atoms with Crippen molar-refractivity contribution in [3.8, 4) is 0 Å². The Kier molecular flexibility index (Phi) is 4.23. The molecule has 1 unspecified atom stereocenters. The van der Waals surface area contributed by atoms with Crippen LogP contribution in [0.5, 0.6) is 0 Å². The fourth-order valence-corrected chi connectivity index (χ4v) is 3.55. The third-order valence-electron chi connectivity index (χ3n) is 3.97. The largest absolute Gasteiger partial charge is 0.384 e. The van der Waals surface area contributed by atoms with E-state index in [1.807, 2.05) is 6.92 Å². The lowest BCUT2D eigenvalue weighted by molar-refractivity contribution is 0.0565. The average molecular weight is 333 g/mol. The van der Waals surface area contributed by atoms with Crippen LogP contribution in [-0.2, 0) is 12.1 Å². The van der Waals surface area contributed by atoms with E-state index in [0.717, 1.165) is 16.3 Å². The number of hydrogen-bond acceptors (Lipinski definition) is 4. The van der Waals surface area contributed by atoms with E-state index in [0.29, 0.717) is 18.7 Å². The first kappa shape index (κ1) is 16.1. The first-order chi connectivity index (χ1) is 10.9. The number of halogens is 1. The number of nitrogens with one attached hydrogen (secondary N) is 1. The van der Waals surface area contributed by atoms with Crippen LogP contribution in [0.4, 0.5) is 4.39 Å². The molecule has 0 aliphatic carbocycles. The maximum absolute atomic E-state index is 13.0. The fraction of sp³-hybridized carbons (Fsp3) is 0.353. The molecule has 0 aliphatic heterocycles. The molecule has 0 bridgehead atoms. The summed E-state index contributed by atoms with van der Waals surface area (Å²) in [5, 5.41) is 13.9. The normalized spacial score (nSPS) is 14.3. The number of fused-ring (bicyclic) bond motifs is 1. The second-order valence-electron chi connectivity index (χ2n) is 6.02. The van der Waals surface area contributed by atoms with Crippen molar-refractivity contribution in [2.75, 3.05) is 6.54 Å². The number of hydrogen-bond donors (Lipinski definition) is 2. The third-order valence-corrected chi connectivity index (χ3v) is 4.87. The maximum Gasteiger partial charge on any atom is 0.194 e. The summed E-state index contributed by atoms with van der Waals surface area (Å²) in [4.78, 5) is 6.76. The number of aromatic nitrogens is 2. The van der Waals surface area contributed by atoms with Crippen molar-refractivity contribution < 1.29 is 9.50 Å². The van der Waals surface area contributed by atoms with Crippen LogP contribution >= 0.6 is 11.3 Å². The molecule has 2 heterocycles. The van der Waals surface area contributed by atoms with Gasteiger partial charge in [-0.25, -0.2) is 9.37 Å². The summed E-state index contributed by atoms with van der Waals surface area (Å²) in [6.45, 7) is 6.76. The minimum absolute atomic E-state index is 0.303. The van der Waals surface area contributed by atoms with Gasteiger partial charge in [0.15, 0.2) is 4.96 Å². The Hall–Kier alpha value is -1.76. The van der Waals surface area contributed by atoms with Gasteiger partial charge in [0, 0.05) is 24.2 Å². The minimum atomic E-state index is -1.06. The Bertz CT molecular complexity index is 820. The van der Waals surface area contributed by atoms with Crippen molar-refractivity contribution >= 4 is 16.3 Å². The van der Waals surface area contributed by atoms with Crippen molar-refractivity contribution in [3.63, 3.8) is 0 Å². The average Bonchev–Trinajstić information content (AvgIpc) is 2.96. The maximum atomic E-state index is 13.0. The number of aryl methyl sites for hydroxylation is 2. The van der Waals surface area contributed by atoms with Crippen LogP contribution in [-0.4, -0.2) is 21.0 Å². The number of rotatable bonds is 5. The Balaban J connectivity index is 1.70. The molecular weight excluding hydrogens is 313 g/mol. The first-order valence-electron chi connectivity index (χ1n) is 7.50. The molecule has 0 radical (unpaired) electrons. The molecule has 6 heteroatoms. The summed E-state index contributed by atoms with van der Waals surface area (Å²) < 4.78 is 15.1. The Labute approximate surface area is 138 Å². The van der Waals surface area contributed by atoms with E-state index in [-0.39, 0.29) is 5.82 Å². The van der Waals surface area contributed by atoms with Crippen LogP contribution in [0.2, 0.25) is 0 Å². The van der Waals surface area contributed by atoms with Crippen LogP contribution in [0.15, 0.2) is 30.5 Å². The molecule has 3 rings (SSSR count). The van der Waals surface area contributed by atoms with Gasteiger partial charge in [0.1, 0.15) is 5.82 Å². The zero-order valence-corrected chi connectivity index (χ0v) is 14.2. The predicted molar refractivity (Wildman–Crippen MR) is 90.2 cm³/mol. The van der Waals surface area contributed by atoms with E-state index in [2.05, 4.69) is 27.8 Å². The van der Waals surface area contributed by atoms with Gasteiger partial charge in [0.05, 0.1) is 17.0 Å². The second-order valence-corrected chi connectivity index (χ2v) is 7.24. The number of benzene rings is 1. The summed E-state index contributed by atoms with van der Waals surface area (Å²) in [6, 6.07) is 5.95. The van der Waals surface area contributed by atoms with E-state index in [4.69, 9.17) is 0 Å². The summed E-state index contributed by atoms with van der Waals surface area (Å²) in [5.41, 5.74) is 1.72. The third kappa shape index (κ3) is 3.29. The smallest absolute Gasteiger partial charge is 0.194 e. The second kappa shape index (κ2) is 6.03. The van der Waals surface area contributed by atoms with Crippen molar-refractivity contribution in [1.82, 2.24) is 14.7 Å². The molecule has 1 atom stereocenters. The molecule has 2 N–H and O–H groups in total. The van der Waals surface area contributed by atoms with Gasteiger partial charge in [-0.05, 0) is 38.5 Å². The highest BCUT2D eigenvalue weighted by Gasteiger charge is 2.23. The van der Waals surface area contributed by atoms with Crippen LogP contribution in [0.3, 0.4) is 0 Å². The van der Waals surface area contributed by atoms with Gasteiger partial charge in [-0.2, -0.15) is 0 Å². The van der Waals surface area contributed by atoms with E-state index in [1.165, 1.54) is 17.0 Å². The molecule has 0 fully saturated rings. The zero-order valence-electron chi connectivity index (χ0n) is 13.4. The Morgan fingerprint density at radius 2 is 2.00 bits per heavy atom. The van der Waals surface area contributed by atoms with Gasteiger partial charge in [0.2, 0.25) is 0 Å².